The first kappa shape index (κ1) is 17.7. The summed E-state index contributed by atoms with van der Waals surface area (Å²) < 4.78 is 83.1. The molecule has 0 aliphatic rings. The summed E-state index contributed by atoms with van der Waals surface area (Å²) in [5.74, 6) is -0.669. The van der Waals surface area contributed by atoms with Gasteiger partial charge in [0.15, 0.2) is 0 Å². The van der Waals surface area contributed by atoms with Gasteiger partial charge in [-0.05, 0) is 30.3 Å². The largest absolute Gasteiger partial charge is 0.573 e. The van der Waals surface area contributed by atoms with E-state index in [1.54, 1.807) is 0 Å². The van der Waals surface area contributed by atoms with Crippen molar-refractivity contribution in [1.29, 1.82) is 0 Å². The van der Waals surface area contributed by atoms with Gasteiger partial charge in [0.2, 0.25) is 5.82 Å². The third-order valence-electron chi connectivity index (χ3n) is 3.08. The van der Waals surface area contributed by atoms with Crippen molar-refractivity contribution >= 4 is 0 Å². The van der Waals surface area contributed by atoms with Crippen LogP contribution in [-0.2, 0) is 6.18 Å². The highest BCUT2D eigenvalue weighted by Crippen LogP contribution is 2.32. The van der Waals surface area contributed by atoms with Gasteiger partial charge < -0.3 is 9.26 Å². The number of alkyl halides is 6. The van der Waals surface area contributed by atoms with Gasteiger partial charge in [0.1, 0.15) is 5.75 Å². The summed E-state index contributed by atoms with van der Waals surface area (Å²) in [5, 5.41) is 3.60. The minimum Gasteiger partial charge on any atom is -0.406 e. The van der Waals surface area contributed by atoms with Crippen molar-refractivity contribution in [2.24, 2.45) is 0 Å². The summed E-state index contributed by atoms with van der Waals surface area (Å²) in [5.41, 5.74) is -0.742. The molecule has 0 fully saturated rings. The van der Waals surface area contributed by atoms with Crippen LogP contribution in [0.25, 0.3) is 22.8 Å². The Morgan fingerprint density at radius 2 is 1.58 bits per heavy atom. The summed E-state index contributed by atoms with van der Waals surface area (Å²) in [6, 6.07) is 5.39. The van der Waals surface area contributed by atoms with Gasteiger partial charge in [0, 0.05) is 18.0 Å². The molecule has 0 saturated heterocycles. The van der Waals surface area contributed by atoms with E-state index in [-0.39, 0.29) is 22.8 Å². The van der Waals surface area contributed by atoms with Crippen molar-refractivity contribution in [3.05, 3.63) is 48.3 Å². The molecule has 26 heavy (non-hydrogen) atoms. The van der Waals surface area contributed by atoms with Crippen LogP contribution < -0.4 is 4.74 Å². The highest BCUT2D eigenvalue weighted by atomic mass is 19.4. The van der Waals surface area contributed by atoms with E-state index >= 15 is 0 Å². The van der Waals surface area contributed by atoms with Crippen LogP contribution in [0.5, 0.6) is 5.75 Å². The van der Waals surface area contributed by atoms with Crippen LogP contribution in [0.3, 0.4) is 0 Å². The van der Waals surface area contributed by atoms with Crippen LogP contribution in [0.1, 0.15) is 5.56 Å². The van der Waals surface area contributed by atoms with Gasteiger partial charge in [-0.15, -0.1) is 13.2 Å². The monoisotopic (exact) mass is 375 g/mol. The fourth-order valence-electron chi connectivity index (χ4n) is 1.98. The maximum Gasteiger partial charge on any atom is 0.573 e. The quantitative estimate of drug-likeness (QED) is 0.620. The second kappa shape index (κ2) is 6.32. The summed E-state index contributed by atoms with van der Waals surface area (Å²) in [7, 11) is 0. The number of pyridine rings is 1. The van der Waals surface area contributed by atoms with E-state index in [4.69, 9.17) is 4.52 Å². The Labute approximate surface area is 141 Å². The topological polar surface area (TPSA) is 61.0 Å². The zero-order chi connectivity index (χ0) is 18.9. The highest BCUT2D eigenvalue weighted by Gasteiger charge is 2.32. The maximum absolute atomic E-state index is 12.7. The van der Waals surface area contributed by atoms with Crippen LogP contribution in [0.15, 0.2) is 47.2 Å². The van der Waals surface area contributed by atoms with Crippen LogP contribution in [-0.4, -0.2) is 21.5 Å². The van der Waals surface area contributed by atoms with Gasteiger partial charge >= 0.3 is 12.5 Å². The highest BCUT2D eigenvalue weighted by molar-refractivity contribution is 5.60. The molecule has 0 radical (unpaired) electrons. The first-order valence-electron chi connectivity index (χ1n) is 6.84. The molecular formula is C15H7F6N3O2. The number of benzene rings is 1. The lowest BCUT2D eigenvalue weighted by Gasteiger charge is -2.08. The van der Waals surface area contributed by atoms with Crippen LogP contribution >= 0.6 is 0 Å². The zero-order valence-corrected chi connectivity index (χ0v) is 12.5. The van der Waals surface area contributed by atoms with E-state index in [0.29, 0.717) is 6.20 Å². The van der Waals surface area contributed by atoms with Crippen LogP contribution in [0, 0.1) is 0 Å². The summed E-state index contributed by atoms with van der Waals surface area (Å²) >= 11 is 0. The number of ether oxygens (including phenoxy) is 1. The SMILES string of the molecule is FC(F)(F)Oc1ccc(-c2noc(-c3cncc(C(F)(F)F)c3)n2)cc1. The van der Waals surface area contributed by atoms with Gasteiger partial charge in [-0.1, -0.05) is 5.16 Å². The number of nitrogens with zero attached hydrogens (tertiary/aromatic N) is 3. The first-order chi connectivity index (χ1) is 12.1. The Morgan fingerprint density at radius 3 is 2.19 bits per heavy atom. The lowest BCUT2D eigenvalue weighted by Crippen LogP contribution is -2.16. The Bertz CT molecular complexity index is 903. The molecule has 0 N–H and O–H groups in total. The predicted octanol–water partition coefficient (Wildman–Crippen LogP) is 4.72. The molecule has 0 unspecified atom stereocenters. The van der Waals surface area contributed by atoms with Gasteiger partial charge in [0.05, 0.1) is 11.1 Å². The predicted molar refractivity (Wildman–Crippen MR) is 74.6 cm³/mol. The Kier molecular flexibility index (Phi) is 4.30. The van der Waals surface area contributed by atoms with E-state index in [1.165, 1.54) is 12.1 Å². The molecule has 3 rings (SSSR count). The lowest BCUT2D eigenvalue weighted by atomic mass is 10.2. The Morgan fingerprint density at radius 1 is 0.885 bits per heavy atom. The molecule has 0 bridgehead atoms. The number of hydrogen-bond acceptors (Lipinski definition) is 5. The fraction of sp³-hybridized carbons (Fsp3) is 0.133. The van der Waals surface area contributed by atoms with Crippen molar-refractivity contribution in [3.8, 4) is 28.6 Å². The summed E-state index contributed by atoms with van der Waals surface area (Å²) in [6.45, 7) is 0. The molecule has 0 amide bonds. The van der Waals surface area contributed by atoms with E-state index < -0.39 is 23.9 Å². The van der Waals surface area contributed by atoms with Gasteiger partial charge in [-0.25, -0.2) is 0 Å². The van der Waals surface area contributed by atoms with Gasteiger partial charge in [-0.2, -0.15) is 18.2 Å². The van der Waals surface area contributed by atoms with E-state index in [9.17, 15) is 26.3 Å². The second-order valence-electron chi connectivity index (χ2n) is 4.96. The Hall–Kier alpha value is -3.11. The van der Waals surface area contributed by atoms with Crippen molar-refractivity contribution in [3.63, 3.8) is 0 Å². The number of rotatable bonds is 3. The first-order valence-corrected chi connectivity index (χ1v) is 6.84. The normalized spacial score (nSPS) is 12.2. The minimum absolute atomic E-state index is 0.0176. The molecule has 5 nitrogen and oxygen atoms in total. The van der Waals surface area contributed by atoms with Crippen molar-refractivity contribution in [2.75, 3.05) is 0 Å². The van der Waals surface area contributed by atoms with Crippen molar-refractivity contribution in [2.45, 2.75) is 12.5 Å². The average Bonchev–Trinajstić information content (AvgIpc) is 3.03. The van der Waals surface area contributed by atoms with Crippen molar-refractivity contribution < 1.29 is 35.6 Å². The molecule has 2 heterocycles. The number of aromatic nitrogens is 3. The maximum atomic E-state index is 12.7. The zero-order valence-electron chi connectivity index (χ0n) is 12.5. The van der Waals surface area contributed by atoms with E-state index in [2.05, 4.69) is 19.9 Å². The van der Waals surface area contributed by atoms with E-state index in [0.717, 1.165) is 24.4 Å². The van der Waals surface area contributed by atoms with Crippen molar-refractivity contribution in [1.82, 2.24) is 15.1 Å². The third-order valence-corrected chi connectivity index (χ3v) is 3.08. The number of hydrogen-bond donors (Lipinski definition) is 0. The molecule has 0 atom stereocenters. The smallest absolute Gasteiger partial charge is 0.406 e. The molecule has 0 aliphatic heterocycles. The molecular weight excluding hydrogens is 368 g/mol. The molecule has 0 spiro atoms. The summed E-state index contributed by atoms with van der Waals surface area (Å²) in [4.78, 5) is 7.41. The molecule has 0 aliphatic carbocycles. The molecule has 136 valence electrons. The second-order valence-corrected chi connectivity index (χ2v) is 4.96. The molecule has 1 aromatic carbocycles. The minimum atomic E-state index is -4.82. The van der Waals surface area contributed by atoms with Crippen LogP contribution in [0.4, 0.5) is 26.3 Å². The fourth-order valence-corrected chi connectivity index (χ4v) is 1.98. The molecule has 0 saturated carbocycles. The van der Waals surface area contributed by atoms with Gasteiger partial charge in [0.25, 0.3) is 5.89 Å². The van der Waals surface area contributed by atoms with E-state index in [1.807, 2.05) is 0 Å². The molecule has 3 aromatic rings. The van der Waals surface area contributed by atoms with Crippen LogP contribution in [0.2, 0.25) is 0 Å². The molecule has 2 aromatic heterocycles. The lowest BCUT2D eigenvalue weighted by molar-refractivity contribution is -0.274. The molecule has 11 heteroatoms. The Balaban J connectivity index is 1.84. The third kappa shape index (κ3) is 4.10. The summed E-state index contributed by atoms with van der Waals surface area (Å²) in [6.07, 6.45) is -7.63. The standard InChI is InChI=1S/C15H7F6N3O2/c16-14(17,18)10-5-9(6-22-7-10)13-23-12(24-26-13)8-1-3-11(4-2-8)25-15(19,20)21/h1-7H. The number of halogens is 6. The average molecular weight is 375 g/mol. The van der Waals surface area contributed by atoms with Gasteiger partial charge in [-0.3, -0.25) is 4.98 Å².